The molecule has 2 unspecified atom stereocenters. The van der Waals surface area contributed by atoms with Gasteiger partial charge in [0, 0.05) is 35.3 Å². The van der Waals surface area contributed by atoms with Crippen molar-refractivity contribution in [1.82, 2.24) is 14.9 Å². The first-order chi connectivity index (χ1) is 17.5. The predicted octanol–water partition coefficient (Wildman–Crippen LogP) is 5.83. The van der Waals surface area contributed by atoms with E-state index in [-0.39, 0.29) is 6.04 Å². The van der Waals surface area contributed by atoms with Crippen molar-refractivity contribution in [2.75, 3.05) is 13.7 Å². The lowest BCUT2D eigenvalue weighted by atomic mass is 9.87. The Morgan fingerprint density at radius 1 is 1.16 bits per heavy atom. The van der Waals surface area contributed by atoms with Crippen LogP contribution in [0.2, 0.25) is 0 Å². The standard InChI is InChI=1S/C29H37N3O5/c1-18-11-13-31(24(15-18)20-7-9-21(10-8-20)27(33)30-35)17-23-22-12-14-32(28(34)37-29(3,4)5)26(22)19(2)16-25(23)36-6/h7-10,12,14,16,18,24,35H,11,13,15,17H2,1-6H3,(H,30,33). The van der Waals surface area contributed by atoms with Crippen LogP contribution in [0.1, 0.15) is 73.6 Å². The first-order valence-corrected chi connectivity index (χ1v) is 12.7. The van der Waals surface area contributed by atoms with Gasteiger partial charge in [-0.1, -0.05) is 19.1 Å². The quantitative estimate of drug-likeness (QED) is 0.333. The van der Waals surface area contributed by atoms with Gasteiger partial charge < -0.3 is 9.47 Å². The molecule has 37 heavy (non-hydrogen) atoms. The van der Waals surface area contributed by atoms with Crippen LogP contribution in [0.15, 0.2) is 42.6 Å². The van der Waals surface area contributed by atoms with Crippen LogP contribution in [0.4, 0.5) is 4.79 Å². The second-order valence-electron chi connectivity index (χ2n) is 11.0. The molecule has 8 nitrogen and oxygen atoms in total. The van der Waals surface area contributed by atoms with E-state index in [1.807, 2.05) is 52.0 Å². The molecular weight excluding hydrogens is 470 g/mol. The number of nitrogens with zero attached hydrogens (tertiary/aromatic N) is 2. The Hall–Kier alpha value is -3.36. The Balaban J connectivity index is 1.72. The SMILES string of the molecule is COc1cc(C)c2c(ccn2C(=O)OC(C)(C)C)c1CN1CCC(C)CC1c1ccc(C(=O)NO)cc1. The van der Waals surface area contributed by atoms with Crippen LogP contribution < -0.4 is 10.2 Å². The molecule has 1 aromatic heterocycles. The molecule has 0 bridgehead atoms. The molecule has 4 rings (SSSR count). The fourth-order valence-electron chi connectivity index (χ4n) is 5.22. The third kappa shape index (κ3) is 5.65. The van der Waals surface area contributed by atoms with Gasteiger partial charge >= 0.3 is 6.09 Å². The monoisotopic (exact) mass is 507 g/mol. The fourth-order valence-corrected chi connectivity index (χ4v) is 5.22. The van der Waals surface area contributed by atoms with Gasteiger partial charge in [-0.2, -0.15) is 0 Å². The van der Waals surface area contributed by atoms with Crippen molar-refractivity contribution in [3.05, 3.63) is 64.8 Å². The number of likely N-dealkylation sites (tertiary alicyclic amines) is 1. The van der Waals surface area contributed by atoms with Crippen molar-refractivity contribution in [3.63, 3.8) is 0 Å². The van der Waals surface area contributed by atoms with E-state index >= 15 is 0 Å². The van der Waals surface area contributed by atoms with E-state index in [1.165, 1.54) is 0 Å². The summed E-state index contributed by atoms with van der Waals surface area (Å²) in [5.74, 6) is 0.829. The summed E-state index contributed by atoms with van der Waals surface area (Å²) >= 11 is 0. The Morgan fingerprint density at radius 2 is 1.86 bits per heavy atom. The molecule has 2 N–H and O–H groups in total. The number of hydroxylamine groups is 1. The van der Waals surface area contributed by atoms with E-state index in [0.29, 0.717) is 18.0 Å². The first kappa shape index (κ1) is 26.7. The van der Waals surface area contributed by atoms with E-state index < -0.39 is 17.6 Å². The van der Waals surface area contributed by atoms with Crippen molar-refractivity contribution >= 4 is 22.9 Å². The molecule has 2 heterocycles. The number of rotatable bonds is 5. The lowest BCUT2D eigenvalue weighted by molar-refractivity contribution is 0.0544. The molecule has 1 saturated heterocycles. The van der Waals surface area contributed by atoms with Crippen LogP contribution >= 0.6 is 0 Å². The van der Waals surface area contributed by atoms with E-state index in [2.05, 4.69) is 11.8 Å². The number of aryl methyl sites for hydroxylation is 1. The number of methoxy groups -OCH3 is 1. The number of hydrogen-bond donors (Lipinski definition) is 2. The minimum Gasteiger partial charge on any atom is -0.496 e. The van der Waals surface area contributed by atoms with Crippen LogP contribution in [0.25, 0.3) is 10.9 Å². The summed E-state index contributed by atoms with van der Waals surface area (Å²) in [5.41, 5.74) is 5.41. The Labute approximate surface area is 218 Å². The van der Waals surface area contributed by atoms with E-state index in [1.54, 1.807) is 35.5 Å². The van der Waals surface area contributed by atoms with Crippen molar-refractivity contribution in [2.45, 2.75) is 65.6 Å². The highest BCUT2D eigenvalue weighted by Gasteiger charge is 2.30. The second-order valence-corrected chi connectivity index (χ2v) is 11.0. The van der Waals surface area contributed by atoms with Gasteiger partial charge in [-0.15, -0.1) is 0 Å². The topological polar surface area (TPSA) is 93.0 Å². The molecular formula is C29H37N3O5. The highest BCUT2D eigenvalue weighted by Crippen LogP contribution is 2.39. The molecule has 2 aromatic carbocycles. The number of hydrogen-bond acceptors (Lipinski definition) is 6. The fraction of sp³-hybridized carbons (Fsp3) is 0.448. The van der Waals surface area contributed by atoms with Gasteiger partial charge in [-0.05, 0) is 88.4 Å². The lowest BCUT2D eigenvalue weighted by Gasteiger charge is -2.39. The van der Waals surface area contributed by atoms with E-state index in [0.717, 1.165) is 52.7 Å². The molecule has 1 aliphatic heterocycles. The zero-order valence-electron chi connectivity index (χ0n) is 22.5. The highest BCUT2D eigenvalue weighted by molar-refractivity contribution is 5.95. The van der Waals surface area contributed by atoms with Crippen LogP contribution in [0.3, 0.4) is 0 Å². The molecule has 1 fully saturated rings. The van der Waals surface area contributed by atoms with Crippen molar-refractivity contribution in [1.29, 1.82) is 0 Å². The molecule has 2 atom stereocenters. The van der Waals surface area contributed by atoms with Crippen LogP contribution in [0.5, 0.6) is 5.75 Å². The number of fused-ring (bicyclic) bond motifs is 1. The summed E-state index contributed by atoms with van der Waals surface area (Å²) < 4.78 is 13.1. The number of benzene rings is 2. The normalized spacial score (nSPS) is 18.6. The van der Waals surface area contributed by atoms with Crippen molar-refractivity contribution in [2.24, 2.45) is 5.92 Å². The average Bonchev–Trinajstić information content (AvgIpc) is 3.31. The summed E-state index contributed by atoms with van der Waals surface area (Å²) in [6.45, 7) is 11.4. The Morgan fingerprint density at radius 3 is 2.49 bits per heavy atom. The van der Waals surface area contributed by atoms with Gasteiger partial charge in [0.25, 0.3) is 5.91 Å². The number of nitrogens with one attached hydrogen (secondary N) is 1. The third-order valence-corrected chi connectivity index (χ3v) is 7.04. The average molecular weight is 508 g/mol. The summed E-state index contributed by atoms with van der Waals surface area (Å²) in [6.07, 6.45) is 3.44. The number of piperidine rings is 1. The second kappa shape index (κ2) is 10.6. The van der Waals surface area contributed by atoms with Gasteiger partial charge in [0.05, 0.1) is 12.6 Å². The van der Waals surface area contributed by atoms with Gasteiger partial charge in [-0.25, -0.2) is 10.3 Å². The van der Waals surface area contributed by atoms with Gasteiger partial charge in [0.2, 0.25) is 0 Å². The van der Waals surface area contributed by atoms with Gasteiger partial charge in [-0.3, -0.25) is 19.5 Å². The van der Waals surface area contributed by atoms with E-state index in [4.69, 9.17) is 14.7 Å². The molecule has 0 spiro atoms. The van der Waals surface area contributed by atoms with Crippen LogP contribution in [-0.4, -0.2) is 45.9 Å². The van der Waals surface area contributed by atoms with Crippen LogP contribution in [-0.2, 0) is 11.3 Å². The number of aromatic nitrogens is 1. The molecule has 1 aliphatic rings. The Kier molecular flexibility index (Phi) is 7.62. The smallest absolute Gasteiger partial charge is 0.419 e. The van der Waals surface area contributed by atoms with E-state index in [9.17, 15) is 9.59 Å². The number of carbonyl (C=O) groups excluding carboxylic acids is 2. The van der Waals surface area contributed by atoms with Gasteiger partial charge in [0.1, 0.15) is 11.4 Å². The molecule has 1 amide bonds. The maximum absolute atomic E-state index is 13.0. The summed E-state index contributed by atoms with van der Waals surface area (Å²) in [7, 11) is 1.68. The summed E-state index contributed by atoms with van der Waals surface area (Å²) in [6, 6.07) is 11.5. The largest absolute Gasteiger partial charge is 0.496 e. The third-order valence-electron chi connectivity index (χ3n) is 7.04. The number of carbonyl (C=O) groups is 2. The van der Waals surface area contributed by atoms with Crippen LogP contribution in [0, 0.1) is 12.8 Å². The maximum Gasteiger partial charge on any atom is 0.419 e. The first-order valence-electron chi connectivity index (χ1n) is 12.7. The summed E-state index contributed by atoms with van der Waals surface area (Å²) in [5, 5.41) is 9.91. The molecule has 3 aromatic rings. The molecule has 198 valence electrons. The molecule has 0 aliphatic carbocycles. The lowest BCUT2D eigenvalue weighted by Crippen LogP contribution is -2.36. The number of amides is 1. The van der Waals surface area contributed by atoms with Gasteiger partial charge in [0.15, 0.2) is 0 Å². The highest BCUT2D eigenvalue weighted by atomic mass is 16.6. The Bertz CT molecular complexity index is 1290. The maximum atomic E-state index is 13.0. The minimum atomic E-state index is -0.595. The van der Waals surface area contributed by atoms with Crippen molar-refractivity contribution < 1.29 is 24.3 Å². The zero-order valence-corrected chi connectivity index (χ0v) is 22.5. The zero-order chi connectivity index (χ0) is 26.9. The molecule has 0 saturated carbocycles. The summed E-state index contributed by atoms with van der Waals surface area (Å²) in [4.78, 5) is 27.2. The molecule has 0 radical (unpaired) electrons. The minimum absolute atomic E-state index is 0.156. The van der Waals surface area contributed by atoms with Crippen molar-refractivity contribution in [3.8, 4) is 5.75 Å². The predicted molar refractivity (Wildman–Crippen MR) is 142 cm³/mol. The number of ether oxygens (including phenoxy) is 2. The molecule has 8 heteroatoms.